The van der Waals surface area contributed by atoms with Gasteiger partial charge in [-0.3, -0.25) is 10.0 Å². The van der Waals surface area contributed by atoms with E-state index < -0.39 is 0 Å². The molecule has 34 heavy (non-hydrogen) atoms. The van der Waals surface area contributed by atoms with E-state index in [9.17, 15) is 10.0 Å². The Bertz CT molecular complexity index is 1270. The SMILES string of the molecule is C[n+]1ccc(CC(=O)N2CCC([C@@H]3c4ccc(Cl)cc4C=Cc4cc(Br)c[n+](O)c43)CC2)cc1. The minimum Gasteiger partial charge on any atom is -0.342 e. The molecular weight excluding hydrogens is 514 g/mol. The molecule has 1 amide bonds. The van der Waals surface area contributed by atoms with Gasteiger partial charge in [-0.25, -0.2) is 4.57 Å². The lowest BCUT2D eigenvalue weighted by Crippen LogP contribution is -2.44. The minimum absolute atomic E-state index is 0.00161. The van der Waals surface area contributed by atoms with Gasteiger partial charge in [-0.05, 0) is 75.7 Å². The molecule has 0 spiro atoms. The van der Waals surface area contributed by atoms with Gasteiger partial charge in [-0.2, -0.15) is 0 Å². The fourth-order valence-electron chi connectivity index (χ4n) is 5.23. The fraction of sp³-hybridized carbons (Fsp3) is 0.296. The van der Waals surface area contributed by atoms with Gasteiger partial charge in [-0.15, -0.1) is 0 Å². The Labute approximate surface area is 213 Å². The number of carbonyl (C=O) groups excluding carboxylic acids is 1. The Morgan fingerprint density at radius 3 is 2.56 bits per heavy atom. The van der Waals surface area contributed by atoms with Crippen molar-refractivity contribution in [2.45, 2.75) is 25.2 Å². The molecule has 1 aromatic carbocycles. The van der Waals surface area contributed by atoms with Crippen molar-refractivity contribution >= 4 is 45.6 Å². The highest BCUT2D eigenvalue weighted by atomic mass is 79.9. The molecule has 2 aliphatic rings. The summed E-state index contributed by atoms with van der Waals surface area (Å²) in [5.74, 6) is 0.461. The lowest BCUT2D eigenvalue weighted by atomic mass is 9.76. The maximum atomic E-state index is 13.0. The predicted molar refractivity (Wildman–Crippen MR) is 134 cm³/mol. The molecule has 5 rings (SSSR count). The topological polar surface area (TPSA) is 48.3 Å². The van der Waals surface area contributed by atoms with Gasteiger partial charge in [0.25, 0.3) is 0 Å². The first-order valence-corrected chi connectivity index (χ1v) is 12.7. The molecule has 1 fully saturated rings. The normalized spacial score (nSPS) is 17.7. The van der Waals surface area contributed by atoms with E-state index in [1.807, 2.05) is 65.3 Å². The summed E-state index contributed by atoms with van der Waals surface area (Å²) in [6.45, 7) is 1.43. The monoisotopic (exact) mass is 539 g/mol. The van der Waals surface area contributed by atoms with E-state index in [0.717, 1.165) is 45.3 Å². The van der Waals surface area contributed by atoms with E-state index in [0.29, 0.717) is 24.5 Å². The van der Waals surface area contributed by atoms with E-state index in [-0.39, 0.29) is 17.7 Å². The van der Waals surface area contributed by atoms with E-state index in [1.165, 1.54) is 4.73 Å². The molecule has 0 radical (unpaired) electrons. The number of rotatable bonds is 3. The van der Waals surface area contributed by atoms with Gasteiger partial charge in [0, 0.05) is 40.5 Å². The van der Waals surface area contributed by atoms with Gasteiger partial charge in [0.15, 0.2) is 12.4 Å². The number of amides is 1. The highest BCUT2D eigenvalue weighted by Crippen LogP contribution is 2.42. The number of benzene rings is 1. The number of aromatic nitrogens is 2. The van der Waals surface area contributed by atoms with Crippen LogP contribution in [0.25, 0.3) is 12.2 Å². The van der Waals surface area contributed by atoms with Gasteiger partial charge in [0.2, 0.25) is 17.8 Å². The fourth-order valence-corrected chi connectivity index (χ4v) is 5.85. The predicted octanol–water partition coefficient (Wildman–Crippen LogP) is 4.55. The summed E-state index contributed by atoms with van der Waals surface area (Å²) in [6.07, 6.45) is 11.9. The van der Waals surface area contributed by atoms with E-state index in [1.54, 1.807) is 6.20 Å². The molecule has 3 heterocycles. The number of piperidine rings is 1. The van der Waals surface area contributed by atoms with Gasteiger partial charge >= 0.3 is 0 Å². The number of nitrogens with zero attached hydrogens (tertiary/aromatic N) is 3. The zero-order valence-corrected chi connectivity index (χ0v) is 21.3. The zero-order valence-electron chi connectivity index (χ0n) is 19.0. The van der Waals surface area contributed by atoms with Crippen LogP contribution in [0.2, 0.25) is 5.02 Å². The Kier molecular flexibility index (Phi) is 6.45. The van der Waals surface area contributed by atoms with Crippen molar-refractivity contribution < 1.29 is 19.3 Å². The van der Waals surface area contributed by atoms with E-state index in [4.69, 9.17) is 11.6 Å². The third kappa shape index (κ3) is 4.62. The van der Waals surface area contributed by atoms with E-state index in [2.05, 4.69) is 28.1 Å². The number of hydrogen-bond donors (Lipinski definition) is 1. The second-order valence-electron chi connectivity index (χ2n) is 9.19. The molecule has 1 aliphatic carbocycles. The summed E-state index contributed by atoms with van der Waals surface area (Å²) in [5, 5.41) is 11.6. The molecule has 7 heteroatoms. The summed E-state index contributed by atoms with van der Waals surface area (Å²) in [4.78, 5) is 14.9. The number of halogens is 2. The highest BCUT2D eigenvalue weighted by molar-refractivity contribution is 9.10. The van der Waals surface area contributed by atoms with Crippen LogP contribution in [0.5, 0.6) is 0 Å². The van der Waals surface area contributed by atoms with Crippen LogP contribution in [0.4, 0.5) is 0 Å². The molecule has 174 valence electrons. The molecule has 0 unspecified atom stereocenters. The van der Waals surface area contributed by atoms with Crippen LogP contribution >= 0.6 is 27.5 Å². The van der Waals surface area contributed by atoms with Gasteiger partial charge in [0.1, 0.15) is 7.05 Å². The maximum Gasteiger partial charge on any atom is 0.249 e. The minimum atomic E-state index is 0.00161. The lowest BCUT2D eigenvalue weighted by Gasteiger charge is -2.35. The summed E-state index contributed by atoms with van der Waals surface area (Å²) in [6, 6.07) is 12.0. The van der Waals surface area contributed by atoms with Crippen molar-refractivity contribution in [2.24, 2.45) is 13.0 Å². The van der Waals surface area contributed by atoms with Crippen LogP contribution in [0.3, 0.4) is 0 Å². The third-order valence-corrected chi connectivity index (χ3v) is 7.64. The smallest absolute Gasteiger partial charge is 0.249 e. The first kappa shape index (κ1) is 23.1. The number of carbonyl (C=O) groups is 1. The van der Waals surface area contributed by atoms with Gasteiger partial charge in [-0.1, -0.05) is 23.7 Å². The second kappa shape index (κ2) is 9.51. The van der Waals surface area contributed by atoms with Crippen molar-refractivity contribution in [1.29, 1.82) is 0 Å². The van der Waals surface area contributed by atoms with Crippen LogP contribution < -0.4 is 9.30 Å². The van der Waals surface area contributed by atoms with Crippen molar-refractivity contribution in [3.63, 3.8) is 0 Å². The van der Waals surface area contributed by atoms with Crippen LogP contribution in [-0.4, -0.2) is 29.1 Å². The number of aryl methyl sites for hydroxylation is 1. The largest absolute Gasteiger partial charge is 0.342 e. The lowest BCUT2D eigenvalue weighted by molar-refractivity contribution is -0.910. The first-order valence-electron chi connectivity index (χ1n) is 11.5. The standard InChI is InChI=1S/C27H27BrClN3O2/c1-30-10-6-18(7-11-30)14-25(33)31-12-8-19(9-13-31)26-24-5-4-23(29)16-20(24)2-3-21-15-22(28)17-32(34)27(21)26/h2-7,10-11,15-17,19,26,34H,8-9,12-14H2,1H3/q+2/t26-/m1/s1. The van der Waals surface area contributed by atoms with E-state index >= 15 is 0 Å². The van der Waals surface area contributed by atoms with Crippen LogP contribution in [0.1, 0.15) is 46.7 Å². The highest BCUT2D eigenvalue weighted by Gasteiger charge is 2.39. The molecule has 5 nitrogen and oxygen atoms in total. The zero-order chi connectivity index (χ0) is 23.8. The van der Waals surface area contributed by atoms with Gasteiger partial charge < -0.3 is 4.90 Å². The number of fused-ring (bicyclic) bond motifs is 2. The van der Waals surface area contributed by atoms with Crippen molar-refractivity contribution in [3.05, 3.63) is 92.4 Å². The van der Waals surface area contributed by atoms with Crippen molar-refractivity contribution in [3.8, 4) is 0 Å². The summed E-state index contributed by atoms with van der Waals surface area (Å²) >= 11 is 9.82. The Hall–Kier alpha value is -2.70. The molecule has 1 atom stereocenters. The summed E-state index contributed by atoms with van der Waals surface area (Å²) in [7, 11) is 1.97. The average Bonchev–Trinajstić information content (AvgIpc) is 2.97. The van der Waals surface area contributed by atoms with Crippen LogP contribution in [-0.2, 0) is 18.3 Å². The molecule has 0 bridgehead atoms. The second-order valence-corrected chi connectivity index (χ2v) is 10.5. The van der Waals surface area contributed by atoms with Gasteiger partial charge in [0.05, 0.1) is 16.8 Å². The number of hydrogen-bond acceptors (Lipinski definition) is 2. The quantitative estimate of drug-likeness (QED) is 0.391. The molecule has 1 N–H and O–H groups in total. The maximum absolute atomic E-state index is 13.0. The molecule has 1 aliphatic heterocycles. The average molecular weight is 541 g/mol. The number of pyridine rings is 2. The molecule has 1 saturated heterocycles. The Balaban J connectivity index is 1.40. The summed E-state index contributed by atoms with van der Waals surface area (Å²) < 4.78 is 4.04. The molecule has 2 aromatic heterocycles. The molecule has 3 aromatic rings. The van der Waals surface area contributed by atoms with Crippen LogP contribution in [0.15, 0.2) is 59.5 Å². The number of likely N-dealkylation sites (tertiary alicyclic amines) is 1. The third-order valence-electron chi connectivity index (χ3n) is 6.97. The Morgan fingerprint density at radius 1 is 1.12 bits per heavy atom. The summed E-state index contributed by atoms with van der Waals surface area (Å²) in [5.41, 5.74) is 5.12. The first-order chi connectivity index (χ1) is 16.4. The van der Waals surface area contributed by atoms with Crippen molar-refractivity contribution in [1.82, 2.24) is 4.90 Å². The van der Waals surface area contributed by atoms with Crippen LogP contribution in [0, 0.1) is 5.92 Å². The Morgan fingerprint density at radius 2 is 1.82 bits per heavy atom. The molecule has 0 saturated carbocycles. The van der Waals surface area contributed by atoms with Crippen molar-refractivity contribution in [2.75, 3.05) is 13.1 Å². The molecular formula is C27H27BrClN3O2+2.